The van der Waals surface area contributed by atoms with Gasteiger partial charge in [-0.25, -0.2) is 9.29 Å². The molecule has 0 spiro atoms. The van der Waals surface area contributed by atoms with Crippen molar-refractivity contribution in [1.29, 1.82) is 0 Å². The maximum Gasteiger partial charge on any atom is 0.301 e. The predicted octanol–water partition coefficient (Wildman–Crippen LogP) is 3.07. The van der Waals surface area contributed by atoms with Crippen molar-refractivity contribution in [3.8, 4) is 5.75 Å². The zero-order valence-electron chi connectivity index (χ0n) is 12.8. The Morgan fingerprint density at radius 2 is 1.62 bits per heavy atom. The van der Waals surface area contributed by atoms with E-state index in [1.165, 1.54) is 12.1 Å². The summed E-state index contributed by atoms with van der Waals surface area (Å²) in [6, 6.07) is 11.4. The molecule has 0 unspecified atom stereocenters. The molecule has 1 heterocycles. The molecule has 0 bridgehead atoms. The van der Waals surface area contributed by atoms with Gasteiger partial charge in [-0.3, -0.25) is 9.59 Å². The van der Waals surface area contributed by atoms with Crippen LogP contribution in [0.1, 0.15) is 12.5 Å². The number of ether oxygens (including phenoxy) is 1. The molecule has 0 saturated carbocycles. The topological polar surface area (TPSA) is 66.8 Å². The lowest BCUT2D eigenvalue weighted by Crippen LogP contribution is -2.31. The van der Waals surface area contributed by atoms with Crippen molar-refractivity contribution in [3.05, 3.63) is 65.7 Å². The van der Waals surface area contributed by atoms with Crippen LogP contribution in [0.5, 0.6) is 5.75 Å². The minimum absolute atomic E-state index is 0.0904. The number of anilines is 1. The number of rotatable bonds is 4. The number of aliphatic hydroxyl groups is 1. The Kier molecular flexibility index (Phi) is 4.04. The lowest BCUT2D eigenvalue weighted by molar-refractivity contribution is -0.121. The number of amides is 2. The average molecular weight is 327 g/mol. The Morgan fingerprint density at radius 1 is 1.00 bits per heavy atom. The number of hydrogen-bond donors (Lipinski definition) is 1. The lowest BCUT2D eigenvalue weighted by atomic mass is 10.1. The Labute approximate surface area is 137 Å². The Morgan fingerprint density at radius 3 is 2.21 bits per heavy atom. The Bertz CT molecular complexity index is 825. The number of nitrogens with zero attached hydrogens (tertiary/aromatic N) is 1. The predicted molar refractivity (Wildman–Crippen MR) is 86.1 cm³/mol. The van der Waals surface area contributed by atoms with Gasteiger partial charge in [0.05, 0.1) is 17.9 Å². The zero-order chi connectivity index (χ0) is 17.3. The van der Waals surface area contributed by atoms with E-state index in [2.05, 4.69) is 0 Å². The molecule has 0 atom stereocenters. The summed E-state index contributed by atoms with van der Waals surface area (Å²) in [6.45, 7) is 2.35. The first-order chi connectivity index (χ1) is 11.5. The Balaban J connectivity index is 1.95. The first kappa shape index (κ1) is 15.7. The van der Waals surface area contributed by atoms with Crippen molar-refractivity contribution >= 4 is 23.1 Å². The monoisotopic (exact) mass is 327 g/mol. The zero-order valence-corrected chi connectivity index (χ0v) is 12.8. The fourth-order valence-electron chi connectivity index (χ4n) is 2.49. The highest BCUT2D eigenvalue weighted by atomic mass is 19.1. The van der Waals surface area contributed by atoms with Crippen LogP contribution in [0, 0.1) is 5.82 Å². The summed E-state index contributed by atoms with van der Waals surface area (Å²) in [5, 5.41) is 10.1. The molecule has 1 aliphatic heterocycles. The number of carbonyl (C=O) groups excluding carboxylic acids is 2. The minimum atomic E-state index is -0.838. The normalized spacial score (nSPS) is 14.5. The fourth-order valence-corrected chi connectivity index (χ4v) is 2.49. The summed E-state index contributed by atoms with van der Waals surface area (Å²) in [6.07, 6.45) is 0. The summed E-state index contributed by atoms with van der Waals surface area (Å²) in [5.41, 5.74) is 0.505. The maximum absolute atomic E-state index is 13.0. The smallest absolute Gasteiger partial charge is 0.301 e. The van der Waals surface area contributed by atoms with Gasteiger partial charge in [0.1, 0.15) is 11.6 Å². The molecule has 0 aliphatic carbocycles. The van der Waals surface area contributed by atoms with E-state index in [4.69, 9.17) is 4.74 Å². The van der Waals surface area contributed by atoms with E-state index in [0.717, 1.165) is 17.0 Å². The van der Waals surface area contributed by atoms with Gasteiger partial charge in [0, 0.05) is 0 Å². The van der Waals surface area contributed by atoms with Gasteiger partial charge in [-0.05, 0) is 48.9 Å². The summed E-state index contributed by atoms with van der Waals surface area (Å²) in [4.78, 5) is 25.6. The first-order valence-electron chi connectivity index (χ1n) is 7.33. The second-order valence-corrected chi connectivity index (χ2v) is 5.10. The summed E-state index contributed by atoms with van der Waals surface area (Å²) >= 11 is 0. The standard InChI is InChI=1S/C18H14FNO4/c1-2-24-14-9-3-11(4-10-14)15-16(21)18(23)20(17(15)22)13-7-5-12(19)6-8-13/h3-10,21H,2H2,1H3. The van der Waals surface area contributed by atoms with Gasteiger partial charge in [0.25, 0.3) is 5.91 Å². The highest BCUT2D eigenvalue weighted by molar-refractivity contribution is 6.44. The van der Waals surface area contributed by atoms with Crippen molar-refractivity contribution in [2.75, 3.05) is 11.5 Å². The van der Waals surface area contributed by atoms with E-state index < -0.39 is 23.4 Å². The second kappa shape index (κ2) is 6.16. The molecule has 0 fully saturated rings. The van der Waals surface area contributed by atoms with Crippen LogP contribution in [0.3, 0.4) is 0 Å². The molecule has 122 valence electrons. The number of carbonyl (C=O) groups is 2. The number of aliphatic hydroxyl groups excluding tert-OH is 1. The molecular weight excluding hydrogens is 313 g/mol. The highest BCUT2D eigenvalue weighted by Gasteiger charge is 2.40. The third kappa shape index (κ3) is 2.62. The van der Waals surface area contributed by atoms with E-state index >= 15 is 0 Å². The molecule has 5 nitrogen and oxygen atoms in total. The van der Waals surface area contributed by atoms with Crippen LogP contribution in [0.15, 0.2) is 54.3 Å². The molecule has 1 N–H and O–H groups in total. The molecule has 0 radical (unpaired) electrons. The van der Waals surface area contributed by atoms with Crippen molar-refractivity contribution in [3.63, 3.8) is 0 Å². The molecule has 24 heavy (non-hydrogen) atoms. The molecule has 1 aliphatic rings. The Hall–Kier alpha value is -3.15. The van der Waals surface area contributed by atoms with Crippen LogP contribution in [0.4, 0.5) is 10.1 Å². The summed E-state index contributed by atoms with van der Waals surface area (Å²) < 4.78 is 18.4. The van der Waals surface area contributed by atoms with Crippen molar-refractivity contribution < 1.29 is 23.8 Å². The summed E-state index contributed by atoms with van der Waals surface area (Å²) in [5.74, 6) is -1.99. The van der Waals surface area contributed by atoms with Crippen molar-refractivity contribution in [2.24, 2.45) is 0 Å². The van der Waals surface area contributed by atoms with Gasteiger partial charge in [-0.15, -0.1) is 0 Å². The first-order valence-corrected chi connectivity index (χ1v) is 7.33. The van der Waals surface area contributed by atoms with Crippen molar-refractivity contribution in [2.45, 2.75) is 6.92 Å². The van der Waals surface area contributed by atoms with E-state index in [-0.39, 0.29) is 11.3 Å². The van der Waals surface area contributed by atoms with Crippen LogP contribution in [-0.2, 0) is 9.59 Å². The molecular formula is C18H14FNO4. The summed E-state index contributed by atoms with van der Waals surface area (Å²) in [7, 11) is 0. The van der Waals surface area contributed by atoms with Crippen LogP contribution in [0.25, 0.3) is 5.57 Å². The second-order valence-electron chi connectivity index (χ2n) is 5.10. The largest absolute Gasteiger partial charge is 0.502 e. The maximum atomic E-state index is 13.0. The molecule has 2 amide bonds. The SMILES string of the molecule is CCOc1ccc(C2=C(O)C(=O)N(c3ccc(F)cc3)C2=O)cc1. The molecule has 2 aromatic carbocycles. The van der Waals surface area contributed by atoms with Gasteiger partial charge < -0.3 is 9.84 Å². The van der Waals surface area contributed by atoms with E-state index in [1.807, 2.05) is 6.92 Å². The van der Waals surface area contributed by atoms with Gasteiger partial charge in [-0.1, -0.05) is 12.1 Å². The van der Waals surface area contributed by atoms with E-state index in [1.54, 1.807) is 24.3 Å². The minimum Gasteiger partial charge on any atom is -0.502 e. The number of halogens is 1. The van der Waals surface area contributed by atoms with E-state index in [9.17, 15) is 19.1 Å². The quantitative estimate of drug-likeness (QED) is 0.877. The third-order valence-corrected chi connectivity index (χ3v) is 3.60. The molecule has 2 aromatic rings. The van der Waals surface area contributed by atoms with Gasteiger partial charge in [0.15, 0.2) is 5.76 Å². The van der Waals surface area contributed by atoms with Gasteiger partial charge in [-0.2, -0.15) is 0 Å². The van der Waals surface area contributed by atoms with Gasteiger partial charge in [0.2, 0.25) is 0 Å². The van der Waals surface area contributed by atoms with Crippen molar-refractivity contribution in [1.82, 2.24) is 0 Å². The molecule has 0 saturated heterocycles. The molecule has 6 heteroatoms. The third-order valence-electron chi connectivity index (χ3n) is 3.60. The average Bonchev–Trinajstić information content (AvgIpc) is 2.80. The van der Waals surface area contributed by atoms with Gasteiger partial charge >= 0.3 is 5.91 Å². The number of benzene rings is 2. The number of imide groups is 1. The lowest BCUT2D eigenvalue weighted by Gasteiger charge is -2.14. The molecule has 0 aromatic heterocycles. The number of hydrogen-bond acceptors (Lipinski definition) is 4. The van der Waals surface area contributed by atoms with Crippen LogP contribution < -0.4 is 9.64 Å². The molecule has 3 rings (SSSR count). The van der Waals surface area contributed by atoms with Crippen LogP contribution in [-0.4, -0.2) is 23.5 Å². The highest BCUT2D eigenvalue weighted by Crippen LogP contribution is 2.32. The van der Waals surface area contributed by atoms with E-state index in [0.29, 0.717) is 17.9 Å². The van der Waals surface area contributed by atoms with Crippen LogP contribution >= 0.6 is 0 Å². The fraction of sp³-hybridized carbons (Fsp3) is 0.111. The van der Waals surface area contributed by atoms with Crippen LogP contribution in [0.2, 0.25) is 0 Å².